The van der Waals surface area contributed by atoms with Crippen molar-refractivity contribution in [1.82, 2.24) is 15.1 Å². The van der Waals surface area contributed by atoms with E-state index in [1.54, 1.807) is 25.1 Å². The number of urea groups is 1. The summed E-state index contributed by atoms with van der Waals surface area (Å²) >= 11 is 0. The number of rotatable bonds is 8. The number of ether oxygens (including phenoxy) is 2. The zero-order chi connectivity index (χ0) is 32.3. The number of anilines is 1. The molecule has 1 aromatic rings. The second kappa shape index (κ2) is 16.7. The number of alkyl halides is 3. The highest BCUT2D eigenvalue weighted by atomic mass is 19.4. The number of carbonyl (C=O) groups is 3. The molecular formula is C30H47F3N4O6. The summed E-state index contributed by atoms with van der Waals surface area (Å²) in [6.45, 7) is 9.26. The zero-order valence-electron chi connectivity index (χ0n) is 26.0. The molecule has 13 heteroatoms. The van der Waals surface area contributed by atoms with Crippen LogP contribution in [0.25, 0.3) is 0 Å². The van der Waals surface area contributed by atoms with Crippen LogP contribution >= 0.6 is 0 Å². The molecule has 0 bridgehead atoms. The Morgan fingerprint density at radius 2 is 1.88 bits per heavy atom. The van der Waals surface area contributed by atoms with Crippen LogP contribution in [0.3, 0.4) is 0 Å². The summed E-state index contributed by atoms with van der Waals surface area (Å²) < 4.78 is 50.4. The van der Waals surface area contributed by atoms with Gasteiger partial charge in [-0.3, -0.25) is 9.59 Å². The lowest BCUT2D eigenvalue weighted by molar-refractivity contribution is -0.149. The first-order valence-electron chi connectivity index (χ1n) is 14.8. The first kappa shape index (κ1) is 36.1. The van der Waals surface area contributed by atoms with Crippen molar-refractivity contribution in [3.8, 4) is 5.75 Å². The molecule has 1 aromatic carbocycles. The van der Waals surface area contributed by atoms with E-state index in [4.69, 9.17) is 9.47 Å². The van der Waals surface area contributed by atoms with Gasteiger partial charge in [0.2, 0.25) is 5.91 Å². The van der Waals surface area contributed by atoms with Gasteiger partial charge in [-0.25, -0.2) is 4.79 Å². The molecule has 0 aliphatic carbocycles. The molecule has 3 N–H and O–H groups in total. The molecule has 0 saturated carbocycles. The van der Waals surface area contributed by atoms with Gasteiger partial charge in [-0.2, -0.15) is 13.2 Å². The van der Waals surface area contributed by atoms with Crippen LogP contribution in [0, 0.1) is 5.92 Å². The molecule has 1 aliphatic rings. The number of nitrogens with one attached hydrogen (secondary N) is 2. The second-order valence-corrected chi connectivity index (χ2v) is 11.7. The quantitative estimate of drug-likeness (QED) is 0.386. The summed E-state index contributed by atoms with van der Waals surface area (Å²) in [5, 5.41) is 15.5. The molecule has 10 nitrogen and oxygen atoms in total. The predicted octanol–water partition coefficient (Wildman–Crippen LogP) is 4.81. The topological polar surface area (TPSA) is 120 Å². The number of benzene rings is 1. The van der Waals surface area contributed by atoms with Gasteiger partial charge >= 0.3 is 12.2 Å². The molecule has 0 unspecified atom stereocenters. The number of likely N-dealkylation sites (N-methyl/N-ethyl adjacent to an activating group) is 1. The monoisotopic (exact) mass is 616 g/mol. The molecule has 43 heavy (non-hydrogen) atoms. The second-order valence-electron chi connectivity index (χ2n) is 11.7. The van der Waals surface area contributed by atoms with E-state index in [1.807, 2.05) is 27.7 Å². The highest BCUT2D eigenvalue weighted by Crippen LogP contribution is 2.29. The number of hydrogen-bond acceptors (Lipinski definition) is 6. The third-order valence-electron chi connectivity index (χ3n) is 7.23. The summed E-state index contributed by atoms with van der Waals surface area (Å²) in [4.78, 5) is 41.6. The van der Waals surface area contributed by atoms with E-state index in [9.17, 15) is 32.7 Å². The van der Waals surface area contributed by atoms with Gasteiger partial charge in [0.05, 0.1) is 36.8 Å². The maximum atomic E-state index is 14.1. The van der Waals surface area contributed by atoms with Crippen molar-refractivity contribution < 1.29 is 42.1 Å². The van der Waals surface area contributed by atoms with Gasteiger partial charge < -0.3 is 35.0 Å². The van der Waals surface area contributed by atoms with Gasteiger partial charge in [0.25, 0.3) is 5.91 Å². The Balaban J connectivity index is 2.40. The Kier molecular flexibility index (Phi) is 14.0. The van der Waals surface area contributed by atoms with Crippen molar-refractivity contribution in [3.05, 3.63) is 23.8 Å². The Morgan fingerprint density at radius 3 is 2.51 bits per heavy atom. The van der Waals surface area contributed by atoms with Crippen LogP contribution in [0.15, 0.2) is 18.2 Å². The minimum absolute atomic E-state index is 0.0442. The number of nitrogens with zero attached hydrogens (tertiary/aromatic N) is 2. The average Bonchev–Trinajstić information content (AvgIpc) is 2.92. The fraction of sp³-hybridized carbons (Fsp3) is 0.700. The smallest absolute Gasteiger partial charge is 0.389 e. The minimum Gasteiger partial charge on any atom is -0.490 e. The largest absolute Gasteiger partial charge is 0.490 e. The van der Waals surface area contributed by atoms with Crippen molar-refractivity contribution in [2.24, 2.45) is 5.92 Å². The van der Waals surface area contributed by atoms with Crippen molar-refractivity contribution >= 4 is 23.5 Å². The lowest BCUT2D eigenvalue weighted by atomic mass is 10.0. The van der Waals surface area contributed by atoms with Crippen LogP contribution in [0.2, 0.25) is 0 Å². The van der Waals surface area contributed by atoms with E-state index in [0.29, 0.717) is 30.9 Å². The normalized spacial score (nSPS) is 21.3. The summed E-state index contributed by atoms with van der Waals surface area (Å²) in [6, 6.07) is 3.69. The first-order chi connectivity index (χ1) is 20.1. The number of fused-ring (bicyclic) bond motifs is 1. The summed E-state index contributed by atoms with van der Waals surface area (Å²) in [5.74, 6) is -1.10. The zero-order valence-corrected chi connectivity index (χ0v) is 26.0. The first-order valence-corrected chi connectivity index (χ1v) is 14.8. The molecule has 0 fully saturated rings. The van der Waals surface area contributed by atoms with Gasteiger partial charge in [0.1, 0.15) is 5.75 Å². The molecule has 244 valence electrons. The number of halogens is 3. The van der Waals surface area contributed by atoms with E-state index in [-0.39, 0.29) is 43.3 Å². The molecule has 0 aromatic heterocycles. The predicted molar refractivity (Wildman–Crippen MR) is 157 cm³/mol. The van der Waals surface area contributed by atoms with Crippen molar-refractivity contribution in [2.45, 2.75) is 97.2 Å². The van der Waals surface area contributed by atoms with Crippen LogP contribution in [0.4, 0.5) is 23.7 Å². The van der Waals surface area contributed by atoms with Crippen LogP contribution in [-0.4, -0.2) is 96.6 Å². The van der Waals surface area contributed by atoms with Crippen LogP contribution in [0.5, 0.6) is 5.75 Å². The lowest BCUT2D eigenvalue weighted by Gasteiger charge is -2.36. The third kappa shape index (κ3) is 12.2. The van der Waals surface area contributed by atoms with E-state index in [2.05, 4.69) is 10.6 Å². The lowest BCUT2D eigenvalue weighted by Crippen LogP contribution is -2.48. The SMILES string of the molecule is CC(C)NC(=O)Nc1ccc2c(c1)C(=O)N([C@@H](C)CO)C[C@@H](C)[C@@H](CN(C)C(=O)CCC(F)(F)F)OCCCC[C@@H](C)O2. The maximum Gasteiger partial charge on any atom is 0.389 e. The number of amides is 4. The Hall–Kier alpha value is -3.06. The minimum atomic E-state index is -4.43. The fourth-order valence-corrected chi connectivity index (χ4v) is 4.70. The van der Waals surface area contributed by atoms with Crippen LogP contribution in [-0.2, 0) is 9.53 Å². The fourth-order valence-electron chi connectivity index (χ4n) is 4.70. The van der Waals surface area contributed by atoms with E-state index >= 15 is 0 Å². The number of aliphatic hydroxyl groups is 1. The Bertz CT molecular complexity index is 1070. The van der Waals surface area contributed by atoms with E-state index < -0.39 is 49.0 Å². The van der Waals surface area contributed by atoms with Gasteiger partial charge in [0, 0.05) is 50.8 Å². The summed E-state index contributed by atoms with van der Waals surface area (Å²) in [7, 11) is 1.44. The highest BCUT2D eigenvalue weighted by Gasteiger charge is 2.32. The Morgan fingerprint density at radius 1 is 1.19 bits per heavy atom. The molecule has 1 aliphatic heterocycles. The third-order valence-corrected chi connectivity index (χ3v) is 7.23. The molecule has 0 radical (unpaired) electrons. The highest BCUT2D eigenvalue weighted by molar-refractivity contribution is 5.99. The molecule has 1 heterocycles. The van der Waals surface area contributed by atoms with Crippen molar-refractivity contribution in [2.75, 3.05) is 38.7 Å². The summed E-state index contributed by atoms with van der Waals surface area (Å²) in [6.07, 6.45) is -5.00. The van der Waals surface area contributed by atoms with Crippen LogP contribution in [0.1, 0.15) is 77.1 Å². The van der Waals surface area contributed by atoms with E-state index in [1.165, 1.54) is 16.8 Å². The summed E-state index contributed by atoms with van der Waals surface area (Å²) in [5.41, 5.74) is 0.586. The van der Waals surface area contributed by atoms with E-state index in [0.717, 1.165) is 6.42 Å². The van der Waals surface area contributed by atoms with Gasteiger partial charge in [0.15, 0.2) is 0 Å². The molecule has 0 saturated heterocycles. The van der Waals surface area contributed by atoms with Gasteiger partial charge in [-0.1, -0.05) is 6.92 Å². The number of hydrogen-bond donors (Lipinski definition) is 3. The Labute approximate surface area is 252 Å². The van der Waals surface area contributed by atoms with Crippen molar-refractivity contribution in [1.29, 1.82) is 0 Å². The molecule has 2 rings (SSSR count). The standard InChI is InChI=1S/C30H47F3N4O6/c1-19(2)34-29(41)35-23-10-11-25-24(15-23)28(40)37(21(4)18-38)16-20(3)26(42-14-8-7-9-22(5)43-25)17-36(6)27(39)12-13-30(31,32)33/h10-11,15,19-22,26,38H,7-9,12-14,16-18H2,1-6H3,(H2,34,35,41)/t20-,21+,22-,26-/m1/s1. The number of carbonyl (C=O) groups excluding carboxylic acids is 3. The number of aliphatic hydroxyl groups excluding tert-OH is 1. The molecular weight excluding hydrogens is 569 g/mol. The van der Waals surface area contributed by atoms with Gasteiger partial charge in [-0.15, -0.1) is 0 Å². The van der Waals surface area contributed by atoms with Crippen LogP contribution < -0.4 is 15.4 Å². The maximum absolute atomic E-state index is 14.1. The van der Waals surface area contributed by atoms with Crippen molar-refractivity contribution in [3.63, 3.8) is 0 Å². The molecule has 4 atom stereocenters. The van der Waals surface area contributed by atoms with Gasteiger partial charge in [-0.05, 0) is 65.2 Å². The molecule has 4 amide bonds. The average molecular weight is 617 g/mol. The molecule has 0 spiro atoms.